The third-order valence-electron chi connectivity index (χ3n) is 6.97. The van der Waals surface area contributed by atoms with Gasteiger partial charge in [-0.2, -0.15) is 0 Å². The number of hydrogen-bond donors (Lipinski definition) is 0. The summed E-state index contributed by atoms with van der Waals surface area (Å²) < 4.78 is 41.9. The highest BCUT2D eigenvalue weighted by Crippen LogP contribution is 2.33. The average Bonchev–Trinajstić information content (AvgIpc) is 3.50. The maximum absolute atomic E-state index is 5.43. The molecule has 0 N–H and O–H groups in total. The summed E-state index contributed by atoms with van der Waals surface area (Å²) in [7, 11) is 0. The van der Waals surface area contributed by atoms with Crippen LogP contribution in [0.2, 0.25) is 0 Å². The van der Waals surface area contributed by atoms with E-state index < -0.39 is 0 Å². The molecule has 0 aliphatic carbocycles. The molecule has 4 aliphatic heterocycles. The van der Waals surface area contributed by atoms with Crippen LogP contribution < -0.4 is 28.4 Å². The second kappa shape index (κ2) is 14.7. The van der Waals surface area contributed by atoms with Gasteiger partial charge in [0.2, 0.25) is 6.79 Å². The lowest BCUT2D eigenvalue weighted by molar-refractivity contribution is -0.0167. The molecule has 43 heavy (non-hydrogen) atoms. The van der Waals surface area contributed by atoms with E-state index in [2.05, 4.69) is 26.0 Å². The Balaban J connectivity index is 0.000000114. The third kappa shape index (κ3) is 8.12. The van der Waals surface area contributed by atoms with Crippen LogP contribution in [0.4, 0.5) is 0 Å². The maximum atomic E-state index is 5.43. The van der Waals surface area contributed by atoms with Gasteiger partial charge in [-0.15, -0.1) is 0 Å². The van der Waals surface area contributed by atoms with Gasteiger partial charge >= 0.3 is 0 Å². The number of rotatable bonds is 0. The summed E-state index contributed by atoms with van der Waals surface area (Å²) in [5.41, 5.74) is 7.15. The van der Waals surface area contributed by atoms with Crippen molar-refractivity contribution < 1.29 is 37.9 Å². The summed E-state index contributed by atoms with van der Waals surface area (Å²) in [5, 5.41) is 0. The lowest BCUT2D eigenvalue weighted by Crippen LogP contribution is -2.15. The summed E-state index contributed by atoms with van der Waals surface area (Å²) in [6.45, 7) is 12.0. The molecule has 0 radical (unpaired) electrons. The molecule has 4 heterocycles. The van der Waals surface area contributed by atoms with Crippen molar-refractivity contribution in [1.29, 1.82) is 0 Å². The van der Waals surface area contributed by atoms with Gasteiger partial charge in [0, 0.05) is 11.1 Å². The van der Waals surface area contributed by atoms with E-state index in [1.54, 1.807) is 0 Å². The lowest BCUT2D eigenvalue weighted by Gasteiger charge is -2.19. The zero-order valence-corrected chi connectivity index (χ0v) is 25.1. The van der Waals surface area contributed by atoms with Gasteiger partial charge in [0.25, 0.3) is 0 Å². The standard InChI is InChI=1S/3C9H10O2.C8H8O2/c1-7-2-3-9-8(4-7)5-10-6-11-9;1-7-3-2-4-9-8(7)5-10-6-11-9;1-7-3-2-4-8-9(7)11-6-5-10-8;1-6-2-3-7-8(4-6)10-5-9-7/h3*2-4H,5-6H2,1H3;2-4H,5H2,1H3. The van der Waals surface area contributed by atoms with Crippen LogP contribution in [0.15, 0.2) is 72.8 Å². The normalized spacial score (nSPS) is 14.8. The predicted octanol–water partition coefficient (Wildman–Crippen LogP) is 7.21. The number of ether oxygens (including phenoxy) is 8. The summed E-state index contributed by atoms with van der Waals surface area (Å²) >= 11 is 0. The molecule has 226 valence electrons. The van der Waals surface area contributed by atoms with E-state index in [1.165, 1.54) is 22.3 Å². The summed E-state index contributed by atoms with van der Waals surface area (Å²) in [5.74, 6) is 5.42. The van der Waals surface area contributed by atoms with E-state index in [0.717, 1.165) is 45.6 Å². The van der Waals surface area contributed by atoms with Crippen LogP contribution in [0, 0.1) is 27.7 Å². The third-order valence-corrected chi connectivity index (χ3v) is 6.97. The molecule has 4 aliphatic rings. The molecule has 8 heteroatoms. The van der Waals surface area contributed by atoms with Crippen LogP contribution in [0.3, 0.4) is 0 Å². The van der Waals surface area contributed by atoms with Crippen molar-refractivity contribution in [3.05, 3.63) is 106 Å². The van der Waals surface area contributed by atoms with E-state index in [4.69, 9.17) is 37.9 Å². The zero-order valence-electron chi connectivity index (χ0n) is 25.1. The summed E-state index contributed by atoms with van der Waals surface area (Å²) in [6, 6.07) is 24.0. The molecule has 0 spiro atoms. The van der Waals surface area contributed by atoms with E-state index >= 15 is 0 Å². The molecular weight excluding hydrogens is 548 g/mol. The molecule has 0 saturated heterocycles. The minimum atomic E-state index is 0.360. The first-order valence-electron chi connectivity index (χ1n) is 14.3. The fourth-order valence-corrected chi connectivity index (χ4v) is 4.69. The van der Waals surface area contributed by atoms with Crippen LogP contribution in [0.1, 0.15) is 33.4 Å². The number of hydrogen-bond acceptors (Lipinski definition) is 8. The van der Waals surface area contributed by atoms with Crippen LogP contribution in [0.25, 0.3) is 0 Å². The first-order chi connectivity index (χ1) is 21.0. The van der Waals surface area contributed by atoms with Crippen molar-refractivity contribution >= 4 is 0 Å². The topological polar surface area (TPSA) is 73.8 Å². The molecule has 0 amide bonds. The Labute approximate surface area is 253 Å². The minimum absolute atomic E-state index is 0.360. The van der Waals surface area contributed by atoms with Gasteiger partial charge in [0.15, 0.2) is 36.6 Å². The Morgan fingerprint density at radius 1 is 0.465 bits per heavy atom. The van der Waals surface area contributed by atoms with E-state index in [9.17, 15) is 0 Å². The van der Waals surface area contributed by atoms with Gasteiger partial charge < -0.3 is 37.9 Å². The van der Waals surface area contributed by atoms with E-state index in [1.807, 2.05) is 74.5 Å². The first kappa shape index (κ1) is 30.1. The van der Waals surface area contributed by atoms with Crippen LogP contribution in [-0.4, -0.2) is 33.6 Å². The van der Waals surface area contributed by atoms with Gasteiger partial charge in [0.1, 0.15) is 24.7 Å². The van der Waals surface area contributed by atoms with Crippen LogP contribution in [0.5, 0.6) is 34.5 Å². The fraction of sp³-hybridized carbons (Fsp3) is 0.314. The molecule has 8 nitrogen and oxygen atoms in total. The molecule has 0 fully saturated rings. The molecule has 0 unspecified atom stereocenters. The van der Waals surface area contributed by atoms with Crippen molar-refractivity contribution in [3.63, 3.8) is 0 Å². The number of para-hydroxylation sites is 1. The molecule has 0 aromatic heterocycles. The van der Waals surface area contributed by atoms with Crippen molar-refractivity contribution in [2.24, 2.45) is 0 Å². The molecular formula is C35H38O8. The molecule has 4 aromatic carbocycles. The Morgan fingerprint density at radius 3 is 1.88 bits per heavy atom. The van der Waals surface area contributed by atoms with E-state index in [-0.39, 0.29) is 0 Å². The van der Waals surface area contributed by atoms with Crippen molar-refractivity contribution in [3.8, 4) is 34.5 Å². The molecule has 0 bridgehead atoms. The molecule has 0 atom stereocenters. The molecule has 8 rings (SSSR count). The van der Waals surface area contributed by atoms with Gasteiger partial charge in [0.05, 0.1) is 13.2 Å². The highest BCUT2D eigenvalue weighted by Gasteiger charge is 2.13. The minimum Gasteiger partial charge on any atom is -0.486 e. The second-order valence-corrected chi connectivity index (χ2v) is 10.3. The zero-order chi connectivity index (χ0) is 30.0. The van der Waals surface area contributed by atoms with Crippen LogP contribution >= 0.6 is 0 Å². The smallest absolute Gasteiger partial charge is 0.231 e. The lowest BCUT2D eigenvalue weighted by atomic mass is 10.1. The Kier molecular flexibility index (Phi) is 10.3. The predicted molar refractivity (Wildman–Crippen MR) is 162 cm³/mol. The maximum Gasteiger partial charge on any atom is 0.231 e. The van der Waals surface area contributed by atoms with Crippen molar-refractivity contribution in [2.45, 2.75) is 40.9 Å². The van der Waals surface area contributed by atoms with Gasteiger partial charge in [-0.05, 0) is 74.7 Å². The summed E-state index contributed by atoms with van der Waals surface area (Å²) in [4.78, 5) is 0. The number of aryl methyl sites for hydroxylation is 4. The van der Waals surface area contributed by atoms with Gasteiger partial charge in [-0.25, -0.2) is 0 Å². The highest BCUT2D eigenvalue weighted by atomic mass is 16.7. The Morgan fingerprint density at radius 2 is 1.09 bits per heavy atom. The second-order valence-electron chi connectivity index (χ2n) is 10.3. The van der Waals surface area contributed by atoms with Gasteiger partial charge in [-0.3, -0.25) is 0 Å². The fourth-order valence-electron chi connectivity index (χ4n) is 4.69. The quantitative estimate of drug-likeness (QED) is 0.214. The van der Waals surface area contributed by atoms with E-state index in [0.29, 0.717) is 46.8 Å². The van der Waals surface area contributed by atoms with Crippen LogP contribution in [-0.2, 0) is 22.7 Å². The first-order valence-corrected chi connectivity index (χ1v) is 14.3. The van der Waals surface area contributed by atoms with Crippen molar-refractivity contribution in [1.82, 2.24) is 0 Å². The van der Waals surface area contributed by atoms with Crippen molar-refractivity contribution in [2.75, 3.05) is 33.6 Å². The SMILES string of the molecule is Cc1ccc2c(c1)COCO2.Cc1ccc2c(c1)OCO2.Cc1cccc2c1COCO2.Cc1cccc2c1OCCO2. The molecule has 0 saturated carbocycles. The average molecular weight is 587 g/mol. The summed E-state index contributed by atoms with van der Waals surface area (Å²) in [6.07, 6.45) is 0. The number of benzene rings is 4. The monoisotopic (exact) mass is 586 g/mol. The number of fused-ring (bicyclic) bond motifs is 4. The molecule has 4 aromatic rings. The Hall–Kier alpha value is -4.40. The van der Waals surface area contributed by atoms with Gasteiger partial charge in [-0.1, -0.05) is 48.0 Å². The Bertz CT molecular complexity index is 1460. The largest absolute Gasteiger partial charge is 0.486 e. The highest BCUT2D eigenvalue weighted by molar-refractivity contribution is 5.46.